The molecule has 4 heterocycles. The molecule has 0 N–H and O–H groups in total. The number of hydrogen-bond donors (Lipinski definition) is 0. The Morgan fingerprint density at radius 1 is 1.19 bits per heavy atom. The molecular weight excluding hydrogens is 418 g/mol. The molecule has 1 saturated carbocycles. The Bertz CT molecular complexity index is 907. The van der Waals surface area contributed by atoms with Crippen molar-refractivity contribution in [1.82, 2.24) is 29.8 Å². The maximum Gasteiger partial charge on any atom is 0.388 e. The largest absolute Gasteiger partial charge is 0.417 e. The van der Waals surface area contributed by atoms with Crippen LogP contribution in [0.15, 0.2) is 30.7 Å². The van der Waals surface area contributed by atoms with Crippen LogP contribution in [0.3, 0.4) is 0 Å². The topological polar surface area (TPSA) is 76.4 Å². The number of amides is 2. The van der Waals surface area contributed by atoms with Crippen LogP contribution in [0.1, 0.15) is 43.7 Å². The Morgan fingerprint density at radius 3 is 2.66 bits per heavy atom. The number of urea groups is 1. The van der Waals surface area contributed by atoms with Gasteiger partial charge in [-0.1, -0.05) is 11.3 Å². The highest BCUT2D eigenvalue weighted by Crippen LogP contribution is 2.46. The van der Waals surface area contributed by atoms with Gasteiger partial charge in [-0.25, -0.2) is 14.5 Å². The van der Waals surface area contributed by atoms with Crippen LogP contribution >= 0.6 is 0 Å². The van der Waals surface area contributed by atoms with Gasteiger partial charge in [-0.05, 0) is 50.0 Å². The monoisotopic (exact) mass is 446 g/mol. The van der Waals surface area contributed by atoms with Gasteiger partial charge in [-0.3, -0.25) is 0 Å². The number of ether oxygens (including phenoxy) is 1. The van der Waals surface area contributed by atoms with Crippen LogP contribution in [-0.2, 0) is 6.42 Å². The number of rotatable bonds is 5. The maximum absolute atomic E-state index is 12.9. The average molecular weight is 447 g/mol. The Morgan fingerprint density at radius 2 is 2.00 bits per heavy atom. The highest BCUT2D eigenvalue weighted by molar-refractivity contribution is 5.76. The molecule has 3 aliphatic rings. The average Bonchev–Trinajstić information content (AvgIpc) is 3.45. The van der Waals surface area contributed by atoms with Crippen LogP contribution in [0.4, 0.5) is 13.6 Å². The van der Waals surface area contributed by atoms with Gasteiger partial charge in [-0.2, -0.15) is 8.78 Å². The van der Waals surface area contributed by atoms with Crippen LogP contribution in [0.5, 0.6) is 5.88 Å². The fourth-order valence-electron chi connectivity index (χ4n) is 5.48. The van der Waals surface area contributed by atoms with E-state index in [1.165, 1.54) is 6.07 Å². The molecule has 2 saturated heterocycles. The molecular formula is C22H28F2N6O2. The second-order valence-electron chi connectivity index (χ2n) is 9.44. The highest BCUT2D eigenvalue weighted by atomic mass is 19.3. The number of nitrogens with zero attached hydrogens (tertiary/aromatic N) is 6. The summed E-state index contributed by atoms with van der Waals surface area (Å²) in [7, 11) is 0. The van der Waals surface area contributed by atoms with Crippen molar-refractivity contribution in [3.63, 3.8) is 0 Å². The number of carbonyl (C=O) groups is 1. The van der Waals surface area contributed by atoms with Gasteiger partial charge >= 0.3 is 12.6 Å². The van der Waals surface area contributed by atoms with Gasteiger partial charge in [0.1, 0.15) is 0 Å². The van der Waals surface area contributed by atoms with Crippen LogP contribution in [0.2, 0.25) is 0 Å². The summed E-state index contributed by atoms with van der Waals surface area (Å²) < 4.78 is 30.7. The Kier molecular flexibility index (Phi) is 5.69. The number of pyridine rings is 1. The van der Waals surface area contributed by atoms with Gasteiger partial charge in [0.15, 0.2) is 0 Å². The molecule has 1 aliphatic carbocycles. The van der Waals surface area contributed by atoms with Gasteiger partial charge in [0, 0.05) is 50.1 Å². The van der Waals surface area contributed by atoms with Crippen molar-refractivity contribution in [3.8, 4) is 5.88 Å². The van der Waals surface area contributed by atoms with E-state index in [0.717, 1.165) is 63.7 Å². The molecule has 32 heavy (non-hydrogen) atoms. The SMILES string of the molecule is O=C(N1CC[C@@H](n2ccnn2)C1)N1CC2(CCC(Cc3ccc(OC(F)F)nc3)CC2)C1. The molecule has 172 valence electrons. The third-order valence-corrected chi connectivity index (χ3v) is 7.27. The van der Waals surface area contributed by atoms with E-state index in [1.54, 1.807) is 12.4 Å². The fraction of sp³-hybridized carbons (Fsp3) is 0.636. The zero-order valence-electron chi connectivity index (χ0n) is 17.9. The number of halogens is 2. The molecule has 0 aromatic carbocycles. The highest BCUT2D eigenvalue weighted by Gasteiger charge is 2.48. The zero-order valence-corrected chi connectivity index (χ0v) is 17.9. The third-order valence-electron chi connectivity index (χ3n) is 7.27. The van der Waals surface area contributed by atoms with Crippen molar-refractivity contribution in [2.75, 3.05) is 26.2 Å². The normalized spacial score (nSPS) is 23.0. The molecule has 2 aromatic heterocycles. The summed E-state index contributed by atoms with van der Waals surface area (Å²) in [5, 5.41) is 7.93. The van der Waals surface area contributed by atoms with E-state index < -0.39 is 6.61 Å². The summed E-state index contributed by atoms with van der Waals surface area (Å²) in [5.74, 6) is 0.521. The standard InChI is InChI=1S/C22H28F2N6O2/c23-20(24)32-19-2-1-17(12-25-19)11-16-3-6-22(7-4-16)14-29(15-22)21(31)28-9-5-18(13-28)30-10-8-26-27-30/h1-2,8,10,12,16,18,20H,3-7,9,11,13-15H2/t18-/m1/s1. The zero-order chi connectivity index (χ0) is 22.1. The first-order valence-corrected chi connectivity index (χ1v) is 11.3. The second kappa shape index (κ2) is 8.63. The van der Waals surface area contributed by atoms with E-state index in [0.29, 0.717) is 12.5 Å². The van der Waals surface area contributed by atoms with E-state index in [1.807, 2.05) is 26.7 Å². The number of carbonyl (C=O) groups excluding carboxylic acids is 1. The molecule has 1 spiro atoms. The van der Waals surface area contributed by atoms with E-state index in [4.69, 9.17) is 0 Å². The summed E-state index contributed by atoms with van der Waals surface area (Å²) in [5.41, 5.74) is 1.32. The summed E-state index contributed by atoms with van der Waals surface area (Å²) in [6.07, 6.45) is 11.5. The molecule has 2 aromatic rings. The van der Waals surface area contributed by atoms with Crippen molar-refractivity contribution in [2.24, 2.45) is 11.3 Å². The summed E-state index contributed by atoms with van der Waals surface area (Å²) in [4.78, 5) is 20.8. The van der Waals surface area contributed by atoms with Crippen molar-refractivity contribution in [2.45, 2.75) is 51.2 Å². The summed E-state index contributed by atoms with van der Waals surface area (Å²) in [6.45, 7) is 0.319. The van der Waals surface area contributed by atoms with E-state index in [2.05, 4.69) is 20.0 Å². The lowest BCUT2D eigenvalue weighted by Gasteiger charge is -2.54. The van der Waals surface area contributed by atoms with E-state index in [9.17, 15) is 13.6 Å². The molecule has 1 atom stereocenters. The summed E-state index contributed by atoms with van der Waals surface area (Å²) >= 11 is 0. The molecule has 3 fully saturated rings. The third kappa shape index (κ3) is 4.40. The molecule has 0 unspecified atom stereocenters. The van der Waals surface area contributed by atoms with Crippen molar-refractivity contribution in [1.29, 1.82) is 0 Å². The van der Waals surface area contributed by atoms with Crippen LogP contribution in [0, 0.1) is 11.3 Å². The van der Waals surface area contributed by atoms with Crippen LogP contribution in [-0.4, -0.2) is 68.6 Å². The molecule has 10 heteroatoms. The van der Waals surface area contributed by atoms with Crippen molar-refractivity contribution >= 4 is 6.03 Å². The first kappa shape index (κ1) is 21.1. The van der Waals surface area contributed by atoms with Gasteiger partial charge in [-0.15, -0.1) is 5.10 Å². The lowest BCUT2D eigenvalue weighted by atomic mass is 9.65. The first-order valence-electron chi connectivity index (χ1n) is 11.3. The predicted molar refractivity (Wildman–Crippen MR) is 111 cm³/mol. The molecule has 0 radical (unpaired) electrons. The number of aromatic nitrogens is 4. The van der Waals surface area contributed by atoms with E-state index in [-0.39, 0.29) is 23.4 Å². The number of alkyl halides is 2. The van der Waals surface area contributed by atoms with Crippen molar-refractivity contribution in [3.05, 3.63) is 36.3 Å². The van der Waals surface area contributed by atoms with Crippen LogP contribution < -0.4 is 4.74 Å². The van der Waals surface area contributed by atoms with Gasteiger partial charge in [0.25, 0.3) is 0 Å². The Balaban J connectivity index is 1.06. The number of hydrogen-bond acceptors (Lipinski definition) is 5. The maximum atomic E-state index is 12.9. The van der Waals surface area contributed by atoms with Gasteiger partial charge in [0.05, 0.1) is 12.2 Å². The predicted octanol–water partition coefficient (Wildman–Crippen LogP) is 3.38. The van der Waals surface area contributed by atoms with E-state index >= 15 is 0 Å². The molecule has 2 amide bonds. The first-order chi connectivity index (χ1) is 15.5. The lowest BCUT2D eigenvalue weighted by Crippen LogP contribution is -2.62. The molecule has 0 bridgehead atoms. The van der Waals surface area contributed by atoms with Crippen molar-refractivity contribution < 1.29 is 18.3 Å². The minimum atomic E-state index is -2.85. The molecule has 2 aliphatic heterocycles. The smallest absolute Gasteiger partial charge is 0.388 e. The molecule has 5 rings (SSSR count). The Labute approximate surface area is 185 Å². The summed E-state index contributed by atoms with van der Waals surface area (Å²) in [6, 6.07) is 3.70. The lowest BCUT2D eigenvalue weighted by molar-refractivity contribution is -0.0528. The second-order valence-corrected chi connectivity index (χ2v) is 9.44. The van der Waals surface area contributed by atoms with Gasteiger partial charge in [0.2, 0.25) is 5.88 Å². The minimum Gasteiger partial charge on any atom is -0.417 e. The minimum absolute atomic E-state index is 0.0452. The van der Waals surface area contributed by atoms with Gasteiger partial charge < -0.3 is 14.5 Å². The fourth-order valence-corrected chi connectivity index (χ4v) is 5.48. The molecule has 8 nitrogen and oxygen atoms in total. The quantitative estimate of drug-likeness (QED) is 0.704. The Hall–Kier alpha value is -2.78. The number of likely N-dealkylation sites (tertiary alicyclic amines) is 2. The van der Waals surface area contributed by atoms with Crippen LogP contribution in [0.25, 0.3) is 0 Å².